The van der Waals surface area contributed by atoms with E-state index < -0.39 is 17.4 Å². The average Bonchev–Trinajstić information content (AvgIpc) is 2.38. The van der Waals surface area contributed by atoms with Crippen LogP contribution in [-0.2, 0) is 6.18 Å². The van der Waals surface area contributed by atoms with Gasteiger partial charge in [0.1, 0.15) is 11.1 Å². The van der Waals surface area contributed by atoms with E-state index >= 15 is 0 Å². The SMILES string of the molecule is CCN(CC)c1ccc2c(C)c(C(F)(F)F)c(=O)oc2c1. The maximum absolute atomic E-state index is 12.9. The molecular formula is C15H16F3NO2. The summed E-state index contributed by atoms with van der Waals surface area (Å²) in [6, 6.07) is 4.91. The van der Waals surface area contributed by atoms with Crippen LogP contribution in [-0.4, -0.2) is 13.1 Å². The first-order valence-electron chi connectivity index (χ1n) is 6.69. The van der Waals surface area contributed by atoms with Gasteiger partial charge in [-0.1, -0.05) is 0 Å². The van der Waals surface area contributed by atoms with Gasteiger partial charge in [0.15, 0.2) is 0 Å². The third-order valence-electron chi connectivity index (χ3n) is 3.56. The van der Waals surface area contributed by atoms with Crippen LogP contribution in [0.1, 0.15) is 25.0 Å². The maximum Gasteiger partial charge on any atom is 0.423 e. The average molecular weight is 299 g/mol. The summed E-state index contributed by atoms with van der Waals surface area (Å²) in [4.78, 5) is 13.6. The zero-order valence-corrected chi connectivity index (χ0v) is 12.0. The van der Waals surface area contributed by atoms with Gasteiger partial charge in [0.2, 0.25) is 0 Å². The molecule has 0 saturated carbocycles. The first kappa shape index (κ1) is 15.4. The van der Waals surface area contributed by atoms with Crippen LogP contribution in [0.15, 0.2) is 27.4 Å². The van der Waals surface area contributed by atoms with Crippen molar-refractivity contribution in [3.8, 4) is 0 Å². The minimum Gasteiger partial charge on any atom is -0.422 e. The number of nitrogens with zero attached hydrogens (tertiary/aromatic N) is 1. The summed E-state index contributed by atoms with van der Waals surface area (Å²) in [5, 5.41) is 0.304. The van der Waals surface area contributed by atoms with Crippen LogP contribution in [0.25, 0.3) is 11.0 Å². The highest BCUT2D eigenvalue weighted by molar-refractivity contribution is 5.84. The van der Waals surface area contributed by atoms with Gasteiger partial charge < -0.3 is 9.32 Å². The molecule has 1 aromatic heterocycles. The van der Waals surface area contributed by atoms with Crippen LogP contribution in [0.4, 0.5) is 18.9 Å². The molecule has 2 rings (SSSR count). The number of fused-ring (bicyclic) bond motifs is 1. The summed E-state index contributed by atoms with van der Waals surface area (Å²) < 4.78 is 43.5. The van der Waals surface area contributed by atoms with Crippen LogP contribution in [0.3, 0.4) is 0 Å². The molecule has 0 unspecified atom stereocenters. The highest BCUT2D eigenvalue weighted by Gasteiger charge is 2.37. The fourth-order valence-electron chi connectivity index (χ4n) is 2.46. The van der Waals surface area contributed by atoms with Gasteiger partial charge in [-0.3, -0.25) is 0 Å². The van der Waals surface area contributed by atoms with Crippen molar-refractivity contribution in [2.45, 2.75) is 26.9 Å². The van der Waals surface area contributed by atoms with Gasteiger partial charge >= 0.3 is 11.8 Å². The summed E-state index contributed by atoms with van der Waals surface area (Å²) in [7, 11) is 0. The topological polar surface area (TPSA) is 33.5 Å². The molecule has 0 saturated heterocycles. The van der Waals surface area contributed by atoms with Crippen molar-refractivity contribution in [3.05, 3.63) is 39.7 Å². The van der Waals surface area contributed by atoms with E-state index in [1.165, 1.54) is 6.92 Å². The Balaban J connectivity index is 2.70. The van der Waals surface area contributed by atoms with E-state index in [1.807, 2.05) is 18.7 Å². The summed E-state index contributed by atoms with van der Waals surface area (Å²) in [5.41, 5.74) is -1.68. The molecule has 0 spiro atoms. The van der Waals surface area contributed by atoms with Gasteiger partial charge in [0.25, 0.3) is 0 Å². The van der Waals surface area contributed by atoms with Gasteiger partial charge in [-0.25, -0.2) is 4.79 Å². The number of aryl methyl sites for hydroxylation is 1. The normalized spacial score (nSPS) is 11.9. The van der Waals surface area contributed by atoms with Gasteiger partial charge in [0.05, 0.1) is 0 Å². The molecule has 2 aromatic rings. The lowest BCUT2D eigenvalue weighted by Gasteiger charge is -2.21. The van der Waals surface area contributed by atoms with E-state index in [1.54, 1.807) is 18.2 Å². The smallest absolute Gasteiger partial charge is 0.422 e. The molecule has 3 nitrogen and oxygen atoms in total. The number of hydrogen-bond donors (Lipinski definition) is 0. The Kier molecular flexibility index (Phi) is 3.98. The van der Waals surface area contributed by atoms with Crippen molar-refractivity contribution in [2.24, 2.45) is 0 Å². The summed E-state index contributed by atoms with van der Waals surface area (Å²) in [6.45, 7) is 6.75. The minimum absolute atomic E-state index is 0.0974. The van der Waals surface area contributed by atoms with Crippen LogP contribution >= 0.6 is 0 Å². The van der Waals surface area contributed by atoms with Crippen molar-refractivity contribution in [1.82, 2.24) is 0 Å². The second-order valence-electron chi connectivity index (χ2n) is 4.74. The third kappa shape index (κ3) is 2.75. The highest BCUT2D eigenvalue weighted by Crippen LogP contribution is 2.33. The molecule has 0 fully saturated rings. The Bertz CT molecular complexity index is 715. The Morgan fingerprint density at radius 1 is 1.19 bits per heavy atom. The van der Waals surface area contributed by atoms with Crippen molar-refractivity contribution < 1.29 is 17.6 Å². The minimum atomic E-state index is -4.71. The summed E-state index contributed by atoms with van der Waals surface area (Å²) in [6.07, 6.45) is -4.71. The lowest BCUT2D eigenvalue weighted by molar-refractivity contribution is -0.140. The molecule has 0 N–H and O–H groups in total. The van der Waals surface area contributed by atoms with Crippen molar-refractivity contribution >= 4 is 16.7 Å². The predicted octanol–water partition coefficient (Wildman–Crippen LogP) is 3.97. The van der Waals surface area contributed by atoms with Crippen molar-refractivity contribution in [3.63, 3.8) is 0 Å². The molecule has 114 valence electrons. The molecule has 0 radical (unpaired) electrons. The lowest BCUT2D eigenvalue weighted by Crippen LogP contribution is -2.22. The predicted molar refractivity (Wildman–Crippen MR) is 75.8 cm³/mol. The molecule has 0 aliphatic heterocycles. The summed E-state index contributed by atoms with van der Waals surface area (Å²) >= 11 is 0. The number of rotatable bonds is 3. The fraction of sp³-hybridized carbons (Fsp3) is 0.400. The zero-order chi connectivity index (χ0) is 15.8. The Morgan fingerprint density at radius 3 is 2.33 bits per heavy atom. The van der Waals surface area contributed by atoms with E-state index in [-0.39, 0.29) is 11.1 Å². The van der Waals surface area contributed by atoms with Gasteiger partial charge in [-0.2, -0.15) is 13.2 Å². The summed E-state index contributed by atoms with van der Waals surface area (Å²) in [5.74, 6) is 0. The standard InChI is InChI=1S/C15H16F3NO2/c1-4-19(5-2)10-6-7-11-9(3)13(15(16,17)18)14(20)21-12(11)8-10/h6-8H,4-5H2,1-3H3. The van der Waals surface area contributed by atoms with E-state index in [9.17, 15) is 18.0 Å². The number of benzene rings is 1. The van der Waals surface area contributed by atoms with Gasteiger partial charge in [-0.05, 0) is 38.5 Å². The van der Waals surface area contributed by atoms with E-state index in [0.717, 1.165) is 18.8 Å². The molecule has 0 bridgehead atoms. The van der Waals surface area contributed by atoms with Crippen LogP contribution < -0.4 is 10.5 Å². The van der Waals surface area contributed by atoms with Gasteiger partial charge in [0, 0.05) is 30.2 Å². The lowest BCUT2D eigenvalue weighted by atomic mass is 10.1. The molecule has 0 atom stereocenters. The second-order valence-corrected chi connectivity index (χ2v) is 4.74. The molecule has 21 heavy (non-hydrogen) atoms. The molecule has 0 amide bonds. The van der Waals surface area contributed by atoms with Crippen LogP contribution in [0.2, 0.25) is 0 Å². The first-order valence-corrected chi connectivity index (χ1v) is 6.69. The quantitative estimate of drug-likeness (QED) is 0.804. The number of hydrogen-bond acceptors (Lipinski definition) is 3. The Hall–Kier alpha value is -1.98. The molecule has 0 aliphatic rings. The van der Waals surface area contributed by atoms with Crippen molar-refractivity contribution in [2.75, 3.05) is 18.0 Å². The molecule has 1 heterocycles. The van der Waals surface area contributed by atoms with Crippen LogP contribution in [0, 0.1) is 6.92 Å². The van der Waals surface area contributed by atoms with E-state index in [2.05, 4.69) is 0 Å². The third-order valence-corrected chi connectivity index (χ3v) is 3.56. The zero-order valence-electron chi connectivity index (χ0n) is 12.0. The largest absolute Gasteiger partial charge is 0.423 e. The highest BCUT2D eigenvalue weighted by atomic mass is 19.4. The second kappa shape index (κ2) is 5.42. The molecular weight excluding hydrogens is 283 g/mol. The number of halogens is 3. The molecule has 1 aromatic carbocycles. The van der Waals surface area contributed by atoms with Crippen LogP contribution in [0.5, 0.6) is 0 Å². The van der Waals surface area contributed by atoms with Gasteiger partial charge in [-0.15, -0.1) is 0 Å². The fourth-order valence-corrected chi connectivity index (χ4v) is 2.46. The number of anilines is 1. The van der Waals surface area contributed by atoms with Crippen molar-refractivity contribution in [1.29, 1.82) is 0 Å². The Morgan fingerprint density at radius 2 is 1.81 bits per heavy atom. The number of alkyl halides is 3. The molecule has 0 aliphatic carbocycles. The van der Waals surface area contributed by atoms with E-state index in [4.69, 9.17) is 4.42 Å². The van der Waals surface area contributed by atoms with E-state index in [0.29, 0.717) is 5.39 Å². The molecule has 6 heteroatoms. The first-order chi connectivity index (χ1) is 9.79. The monoisotopic (exact) mass is 299 g/mol. The Labute approximate surface area is 120 Å². The maximum atomic E-state index is 12.9.